The van der Waals surface area contributed by atoms with Crippen LogP contribution in [0.15, 0.2) is 24.3 Å². The molecule has 0 heterocycles. The van der Waals surface area contributed by atoms with Crippen molar-refractivity contribution in [2.24, 2.45) is 0 Å². The predicted octanol–water partition coefficient (Wildman–Crippen LogP) is 2.31. The van der Waals surface area contributed by atoms with Gasteiger partial charge in [0, 0.05) is 25.7 Å². The highest BCUT2D eigenvalue weighted by Crippen LogP contribution is 2.19. The molecule has 2 atom stereocenters. The standard InChI is InChI=1S/C16H28N2O2/c1-6-17-16(11-18(3)13(2)12-19-4)14-7-9-15(20-5)10-8-14/h7-10,13,16-17H,6,11-12H2,1-5H3. The molecule has 1 N–H and O–H groups in total. The number of benzene rings is 1. The van der Waals surface area contributed by atoms with E-state index >= 15 is 0 Å². The van der Waals surface area contributed by atoms with Gasteiger partial charge in [0.1, 0.15) is 5.75 Å². The first-order chi connectivity index (χ1) is 9.62. The largest absolute Gasteiger partial charge is 0.497 e. The van der Waals surface area contributed by atoms with Crippen molar-refractivity contribution in [3.05, 3.63) is 29.8 Å². The Labute approximate surface area is 123 Å². The SMILES string of the molecule is CCNC(CN(C)C(C)COC)c1ccc(OC)cc1. The summed E-state index contributed by atoms with van der Waals surface area (Å²) in [6.45, 7) is 6.96. The highest BCUT2D eigenvalue weighted by molar-refractivity contribution is 5.29. The van der Waals surface area contributed by atoms with Crippen molar-refractivity contribution in [3.63, 3.8) is 0 Å². The van der Waals surface area contributed by atoms with Crippen molar-refractivity contribution in [1.82, 2.24) is 10.2 Å². The average Bonchev–Trinajstić information content (AvgIpc) is 2.47. The van der Waals surface area contributed by atoms with Crippen LogP contribution >= 0.6 is 0 Å². The van der Waals surface area contributed by atoms with E-state index in [0.29, 0.717) is 12.1 Å². The summed E-state index contributed by atoms with van der Waals surface area (Å²) in [7, 11) is 5.57. The fourth-order valence-electron chi connectivity index (χ4n) is 2.21. The van der Waals surface area contributed by atoms with Crippen LogP contribution in [0.25, 0.3) is 0 Å². The molecule has 114 valence electrons. The van der Waals surface area contributed by atoms with Gasteiger partial charge in [-0.05, 0) is 38.2 Å². The fourth-order valence-corrected chi connectivity index (χ4v) is 2.21. The number of nitrogens with one attached hydrogen (secondary N) is 1. The normalized spacial score (nSPS) is 14.3. The van der Waals surface area contributed by atoms with E-state index in [2.05, 4.69) is 43.2 Å². The number of nitrogens with zero attached hydrogens (tertiary/aromatic N) is 1. The second-order valence-electron chi connectivity index (χ2n) is 5.13. The third kappa shape index (κ3) is 5.12. The van der Waals surface area contributed by atoms with E-state index in [1.54, 1.807) is 14.2 Å². The molecule has 0 aromatic heterocycles. The van der Waals surface area contributed by atoms with E-state index in [4.69, 9.17) is 9.47 Å². The first kappa shape index (κ1) is 17.0. The number of ether oxygens (including phenoxy) is 2. The van der Waals surface area contributed by atoms with Crippen molar-refractivity contribution in [1.29, 1.82) is 0 Å². The molecular weight excluding hydrogens is 252 g/mol. The van der Waals surface area contributed by atoms with Crippen molar-refractivity contribution < 1.29 is 9.47 Å². The molecule has 0 bridgehead atoms. The maximum atomic E-state index is 5.22. The van der Waals surface area contributed by atoms with Crippen molar-refractivity contribution in [3.8, 4) is 5.75 Å². The Kier molecular flexibility index (Phi) is 7.59. The van der Waals surface area contributed by atoms with Gasteiger partial charge >= 0.3 is 0 Å². The lowest BCUT2D eigenvalue weighted by molar-refractivity contribution is 0.109. The number of hydrogen-bond donors (Lipinski definition) is 1. The monoisotopic (exact) mass is 280 g/mol. The van der Waals surface area contributed by atoms with Gasteiger partial charge in [-0.25, -0.2) is 0 Å². The fraction of sp³-hybridized carbons (Fsp3) is 0.625. The lowest BCUT2D eigenvalue weighted by Crippen LogP contribution is -2.39. The average molecular weight is 280 g/mol. The highest BCUT2D eigenvalue weighted by Gasteiger charge is 2.16. The van der Waals surface area contributed by atoms with Crippen molar-refractivity contribution in [2.75, 3.05) is 41.0 Å². The molecule has 0 aliphatic carbocycles. The van der Waals surface area contributed by atoms with Crippen molar-refractivity contribution in [2.45, 2.75) is 25.9 Å². The minimum absolute atomic E-state index is 0.315. The molecule has 0 fully saturated rings. The van der Waals surface area contributed by atoms with Crippen LogP contribution in [-0.4, -0.2) is 51.9 Å². The highest BCUT2D eigenvalue weighted by atomic mass is 16.5. The second-order valence-corrected chi connectivity index (χ2v) is 5.13. The minimum Gasteiger partial charge on any atom is -0.497 e. The number of rotatable bonds is 9. The van der Waals surface area contributed by atoms with Gasteiger partial charge in [-0.2, -0.15) is 0 Å². The van der Waals surface area contributed by atoms with E-state index < -0.39 is 0 Å². The summed E-state index contributed by atoms with van der Waals surface area (Å²) in [5.74, 6) is 0.894. The van der Waals surface area contributed by atoms with Crippen LogP contribution in [0.2, 0.25) is 0 Å². The molecule has 20 heavy (non-hydrogen) atoms. The summed E-state index contributed by atoms with van der Waals surface area (Å²) in [6.07, 6.45) is 0. The van der Waals surface area contributed by atoms with Gasteiger partial charge in [0.05, 0.1) is 13.7 Å². The zero-order chi connectivity index (χ0) is 15.0. The molecule has 4 nitrogen and oxygen atoms in total. The summed E-state index contributed by atoms with van der Waals surface area (Å²) in [5, 5.41) is 3.54. The first-order valence-electron chi connectivity index (χ1n) is 7.18. The van der Waals surface area contributed by atoms with Gasteiger partial charge in [-0.1, -0.05) is 19.1 Å². The van der Waals surface area contributed by atoms with Gasteiger partial charge in [0.2, 0.25) is 0 Å². The molecule has 0 amide bonds. The molecule has 1 aromatic carbocycles. The molecule has 0 saturated carbocycles. The third-order valence-electron chi connectivity index (χ3n) is 3.60. The Morgan fingerprint density at radius 3 is 2.35 bits per heavy atom. The summed E-state index contributed by atoms with van der Waals surface area (Å²) < 4.78 is 10.4. The molecule has 0 aliphatic heterocycles. The zero-order valence-electron chi connectivity index (χ0n) is 13.3. The number of methoxy groups -OCH3 is 2. The number of likely N-dealkylation sites (N-methyl/N-ethyl adjacent to an activating group) is 2. The molecular formula is C16H28N2O2. The number of hydrogen-bond acceptors (Lipinski definition) is 4. The maximum absolute atomic E-state index is 5.22. The Morgan fingerprint density at radius 1 is 1.20 bits per heavy atom. The summed E-state index contributed by atoms with van der Waals surface area (Å²) >= 11 is 0. The minimum atomic E-state index is 0.315. The lowest BCUT2D eigenvalue weighted by Gasteiger charge is -2.29. The maximum Gasteiger partial charge on any atom is 0.118 e. The van der Waals surface area contributed by atoms with Gasteiger partial charge < -0.3 is 14.8 Å². The Hall–Kier alpha value is -1.10. The van der Waals surface area contributed by atoms with Crippen LogP contribution in [0, 0.1) is 0 Å². The molecule has 2 unspecified atom stereocenters. The third-order valence-corrected chi connectivity index (χ3v) is 3.60. The van der Waals surface area contributed by atoms with E-state index in [9.17, 15) is 0 Å². The van der Waals surface area contributed by atoms with Crippen LogP contribution in [0.3, 0.4) is 0 Å². The molecule has 0 radical (unpaired) electrons. The van der Waals surface area contributed by atoms with Gasteiger partial charge in [-0.3, -0.25) is 4.90 Å². The molecule has 0 spiro atoms. The lowest BCUT2D eigenvalue weighted by atomic mass is 10.1. The second kappa shape index (κ2) is 8.95. The molecule has 1 rings (SSSR count). The van der Waals surface area contributed by atoms with Crippen molar-refractivity contribution >= 4 is 0 Å². The van der Waals surface area contributed by atoms with Crippen LogP contribution in [0.5, 0.6) is 5.75 Å². The molecule has 4 heteroatoms. The Bertz CT molecular complexity index is 367. The first-order valence-corrected chi connectivity index (χ1v) is 7.18. The van der Waals surface area contributed by atoms with Gasteiger partial charge in [0.25, 0.3) is 0 Å². The molecule has 0 saturated heterocycles. The summed E-state index contributed by atoms with van der Waals surface area (Å²) in [4.78, 5) is 2.32. The van der Waals surface area contributed by atoms with Crippen LogP contribution in [-0.2, 0) is 4.74 Å². The van der Waals surface area contributed by atoms with Crippen LogP contribution in [0.1, 0.15) is 25.5 Å². The predicted molar refractivity (Wildman–Crippen MR) is 83.4 cm³/mol. The zero-order valence-corrected chi connectivity index (χ0v) is 13.3. The summed E-state index contributed by atoms with van der Waals surface area (Å²) in [5.41, 5.74) is 1.28. The topological polar surface area (TPSA) is 33.7 Å². The summed E-state index contributed by atoms with van der Waals surface area (Å²) in [6, 6.07) is 8.99. The molecule has 0 aliphatic rings. The smallest absolute Gasteiger partial charge is 0.118 e. The van der Waals surface area contributed by atoms with E-state index in [1.165, 1.54) is 5.56 Å². The van der Waals surface area contributed by atoms with Crippen LogP contribution < -0.4 is 10.1 Å². The quantitative estimate of drug-likeness (QED) is 0.752. The van der Waals surface area contributed by atoms with Gasteiger partial charge in [0.15, 0.2) is 0 Å². The van der Waals surface area contributed by atoms with E-state index in [-0.39, 0.29) is 0 Å². The molecule has 1 aromatic rings. The van der Waals surface area contributed by atoms with Gasteiger partial charge in [-0.15, -0.1) is 0 Å². The van der Waals surface area contributed by atoms with E-state index in [1.807, 2.05) is 12.1 Å². The Balaban J connectivity index is 2.71. The van der Waals surface area contributed by atoms with Crippen LogP contribution in [0.4, 0.5) is 0 Å². The Morgan fingerprint density at radius 2 is 1.85 bits per heavy atom. The van der Waals surface area contributed by atoms with E-state index in [0.717, 1.165) is 25.4 Å².